The van der Waals surface area contributed by atoms with Crippen molar-refractivity contribution in [2.75, 3.05) is 39.5 Å². The SMILES string of the molecule is CCCN(CCC)CC1(CO)CCOCC1. The van der Waals surface area contributed by atoms with Crippen molar-refractivity contribution in [2.45, 2.75) is 39.5 Å². The molecule has 3 nitrogen and oxygen atoms in total. The molecule has 0 saturated carbocycles. The van der Waals surface area contributed by atoms with E-state index in [-0.39, 0.29) is 5.41 Å². The molecule has 1 N–H and O–H groups in total. The Bertz CT molecular complexity index is 173. The van der Waals surface area contributed by atoms with E-state index in [2.05, 4.69) is 18.7 Å². The van der Waals surface area contributed by atoms with Gasteiger partial charge in [-0.15, -0.1) is 0 Å². The first-order valence-electron chi connectivity index (χ1n) is 6.67. The minimum Gasteiger partial charge on any atom is -0.396 e. The van der Waals surface area contributed by atoms with Crippen LogP contribution in [0.15, 0.2) is 0 Å². The lowest BCUT2D eigenvalue weighted by Crippen LogP contribution is -2.44. The molecule has 0 aliphatic carbocycles. The van der Waals surface area contributed by atoms with Crippen LogP contribution in [0.2, 0.25) is 0 Å². The van der Waals surface area contributed by atoms with E-state index in [4.69, 9.17) is 4.74 Å². The van der Waals surface area contributed by atoms with Crippen molar-refractivity contribution < 1.29 is 9.84 Å². The van der Waals surface area contributed by atoms with Gasteiger partial charge in [0.2, 0.25) is 0 Å². The van der Waals surface area contributed by atoms with Crippen LogP contribution < -0.4 is 0 Å². The summed E-state index contributed by atoms with van der Waals surface area (Å²) in [6.45, 7) is 9.71. The zero-order valence-corrected chi connectivity index (χ0v) is 10.9. The molecule has 0 atom stereocenters. The van der Waals surface area contributed by atoms with Crippen molar-refractivity contribution in [2.24, 2.45) is 5.41 Å². The number of aliphatic hydroxyl groups excluding tert-OH is 1. The van der Waals surface area contributed by atoms with Gasteiger partial charge in [-0.3, -0.25) is 0 Å². The topological polar surface area (TPSA) is 32.7 Å². The van der Waals surface area contributed by atoms with Gasteiger partial charge in [-0.2, -0.15) is 0 Å². The summed E-state index contributed by atoms with van der Waals surface area (Å²) < 4.78 is 5.40. The first kappa shape index (κ1) is 13.9. The molecule has 1 aliphatic rings. The molecule has 1 rings (SSSR count). The lowest BCUT2D eigenvalue weighted by Gasteiger charge is -2.39. The monoisotopic (exact) mass is 229 g/mol. The minimum absolute atomic E-state index is 0.0998. The van der Waals surface area contributed by atoms with Crippen molar-refractivity contribution >= 4 is 0 Å². The molecule has 96 valence electrons. The Kier molecular flexibility index (Phi) is 6.32. The van der Waals surface area contributed by atoms with Crippen molar-refractivity contribution in [3.8, 4) is 0 Å². The van der Waals surface area contributed by atoms with Gasteiger partial charge in [0.05, 0.1) is 6.61 Å². The van der Waals surface area contributed by atoms with Crippen LogP contribution in [-0.4, -0.2) is 49.5 Å². The molecule has 0 amide bonds. The quantitative estimate of drug-likeness (QED) is 0.723. The highest BCUT2D eigenvalue weighted by molar-refractivity contribution is 4.84. The summed E-state index contributed by atoms with van der Waals surface area (Å²) in [5.74, 6) is 0. The van der Waals surface area contributed by atoms with E-state index in [1.54, 1.807) is 0 Å². The van der Waals surface area contributed by atoms with Gasteiger partial charge < -0.3 is 14.7 Å². The Hall–Kier alpha value is -0.120. The summed E-state index contributed by atoms with van der Waals surface area (Å²) in [6, 6.07) is 0. The van der Waals surface area contributed by atoms with E-state index < -0.39 is 0 Å². The van der Waals surface area contributed by atoms with Gasteiger partial charge in [0, 0.05) is 25.2 Å². The third-order valence-electron chi connectivity index (χ3n) is 3.53. The summed E-state index contributed by atoms with van der Waals surface area (Å²) >= 11 is 0. The predicted octanol–water partition coefficient (Wildman–Crippen LogP) is 1.90. The fourth-order valence-electron chi connectivity index (χ4n) is 2.55. The van der Waals surface area contributed by atoms with Gasteiger partial charge in [0.15, 0.2) is 0 Å². The maximum absolute atomic E-state index is 9.64. The second-order valence-corrected chi connectivity index (χ2v) is 5.05. The number of aliphatic hydroxyl groups is 1. The highest BCUT2D eigenvalue weighted by Gasteiger charge is 2.33. The number of ether oxygens (including phenoxy) is 1. The molecule has 0 spiro atoms. The van der Waals surface area contributed by atoms with Crippen molar-refractivity contribution in [1.29, 1.82) is 0 Å². The van der Waals surface area contributed by atoms with Gasteiger partial charge in [-0.1, -0.05) is 13.8 Å². The Morgan fingerprint density at radius 1 is 1.12 bits per heavy atom. The molecule has 0 unspecified atom stereocenters. The fourth-order valence-corrected chi connectivity index (χ4v) is 2.55. The van der Waals surface area contributed by atoms with Crippen LogP contribution in [0.25, 0.3) is 0 Å². The summed E-state index contributed by atoms with van der Waals surface area (Å²) in [5.41, 5.74) is 0.0998. The van der Waals surface area contributed by atoms with Crippen LogP contribution in [0.1, 0.15) is 39.5 Å². The molecule has 1 aliphatic heterocycles. The Labute approximate surface area is 99.8 Å². The smallest absolute Gasteiger partial charge is 0.0501 e. The van der Waals surface area contributed by atoms with E-state index in [0.717, 1.165) is 45.7 Å². The van der Waals surface area contributed by atoms with Crippen LogP contribution in [0.3, 0.4) is 0 Å². The minimum atomic E-state index is 0.0998. The zero-order chi connectivity index (χ0) is 11.9. The van der Waals surface area contributed by atoms with Crippen LogP contribution >= 0.6 is 0 Å². The van der Waals surface area contributed by atoms with Gasteiger partial charge >= 0.3 is 0 Å². The van der Waals surface area contributed by atoms with Crippen molar-refractivity contribution in [3.63, 3.8) is 0 Å². The highest BCUT2D eigenvalue weighted by Crippen LogP contribution is 2.31. The van der Waals surface area contributed by atoms with Gasteiger partial charge in [0.25, 0.3) is 0 Å². The number of nitrogens with zero attached hydrogens (tertiary/aromatic N) is 1. The van der Waals surface area contributed by atoms with Crippen molar-refractivity contribution in [1.82, 2.24) is 4.90 Å². The van der Waals surface area contributed by atoms with Crippen LogP contribution in [0.5, 0.6) is 0 Å². The van der Waals surface area contributed by atoms with E-state index in [0.29, 0.717) is 6.61 Å². The van der Waals surface area contributed by atoms with E-state index in [1.165, 1.54) is 12.8 Å². The lowest BCUT2D eigenvalue weighted by molar-refractivity contribution is -0.0342. The first-order valence-corrected chi connectivity index (χ1v) is 6.67. The number of hydrogen-bond acceptors (Lipinski definition) is 3. The average Bonchev–Trinajstić information content (AvgIpc) is 2.31. The average molecular weight is 229 g/mol. The first-order chi connectivity index (χ1) is 7.76. The standard InChI is InChI=1S/C13H27NO2/c1-3-7-14(8-4-2)11-13(12-15)5-9-16-10-6-13/h15H,3-12H2,1-2H3. The van der Waals surface area contributed by atoms with Gasteiger partial charge in [-0.25, -0.2) is 0 Å². The Morgan fingerprint density at radius 2 is 1.69 bits per heavy atom. The molecular weight excluding hydrogens is 202 g/mol. The summed E-state index contributed by atoms with van der Waals surface area (Å²) in [7, 11) is 0. The third kappa shape index (κ3) is 4.04. The molecule has 3 heteroatoms. The molecule has 1 fully saturated rings. The Morgan fingerprint density at radius 3 is 2.12 bits per heavy atom. The largest absolute Gasteiger partial charge is 0.396 e. The molecule has 0 radical (unpaired) electrons. The van der Waals surface area contributed by atoms with Crippen LogP contribution in [-0.2, 0) is 4.74 Å². The molecule has 1 heterocycles. The molecular formula is C13H27NO2. The number of hydrogen-bond donors (Lipinski definition) is 1. The zero-order valence-electron chi connectivity index (χ0n) is 10.9. The second kappa shape index (κ2) is 7.25. The molecule has 1 saturated heterocycles. The maximum Gasteiger partial charge on any atom is 0.0501 e. The summed E-state index contributed by atoms with van der Waals surface area (Å²) in [6.07, 6.45) is 4.40. The molecule has 0 aromatic rings. The van der Waals surface area contributed by atoms with Crippen LogP contribution in [0.4, 0.5) is 0 Å². The Balaban J connectivity index is 2.50. The molecule has 0 bridgehead atoms. The lowest BCUT2D eigenvalue weighted by atomic mass is 9.80. The maximum atomic E-state index is 9.64. The van der Waals surface area contributed by atoms with Gasteiger partial charge in [-0.05, 0) is 38.8 Å². The highest BCUT2D eigenvalue weighted by atomic mass is 16.5. The third-order valence-corrected chi connectivity index (χ3v) is 3.53. The predicted molar refractivity (Wildman–Crippen MR) is 66.6 cm³/mol. The van der Waals surface area contributed by atoms with Gasteiger partial charge in [0.1, 0.15) is 0 Å². The fraction of sp³-hybridized carbons (Fsp3) is 1.00. The molecule has 16 heavy (non-hydrogen) atoms. The normalized spacial score (nSPS) is 20.2. The summed E-state index contributed by atoms with van der Waals surface area (Å²) in [4.78, 5) is 2.50. The number of rotatable bonds is 7. The van der Waals surface area contributed by atoms with E-state index >= 15 is 0 Å². The van der Waals surface area contributed by atoms with E-state index in [9.17, 15) is 5.11 Å². The second-order valence-electron chi connectivity index (χ2n) is 5.05. The van der Waals surface area contributed by atoms with E-state index in [1.807, 2.05) is 0 Å². The van der Waals surface area contributed by atoms with Crippen LogP contribution in [0, 0.1) is 5.41 Å². The van der Waals surface area contributed by atoms with Crippen molar-refractivity contribution in [3.05, 3.63) is 0 Å². The summed E-state index contributed by atoms with van der Waals surface area (Å²) in [5, 5.41) is 9.64. The molecule has 0 aromatic heterocycles. The molecule has 0 aromatic carbocycles.